The van der Waals surface area contributed by atoms with Crippen molar-refractivity contribution in [2.75, 3.05) is 43.9 Å². The average Bonchev–Trinajstić information content (AvgIpc) is 3.42. The predicted octanol–water partition coefficient (Wildman–Crippen LogP) is 3.79. The molecule has 1 aromatic heterocycles. The molecule has 5 aromatic rings. The van der Waals surface area contributed by atoms with E-state index in [1.165, 1.54) is 12.1 Å². The number of aryl methyl sites for hydroxylation is 2. The summed E-state index contributed by atoms with van der Waals surface area (Å²) in [7, 11) is -15.1. The fourth-order valence-electron chi connectivity index (χ4n) is 7.09. The van der Waals surface area contributed by atoms with E-state index in [1.54, 1.807) is 55.0 Å². The Labute approximate surface area is 403 Å². The van der Waals surface area contributed by atoms with Gasteiger partial charge in [-0.3, -0.25) is 38.4 Å². The second-order valence-corrected chi connectivity index (χ2v) is 24.5. The molecule has 6 rings (SSSR count). The lowest BCUT2D eigenvalue weighted by Gasteiger charge is -2.32. The highest BCUT2D eigenvalue weighted by molar-refractivity contribution is 7.92. The summed E-state index contributed by atoms with van der Waals surface area (Å²) in [4.78, 5) is 31.4. The second-order valence-electron chi connectivity index (χ2n) is 17.5. The van der Waals surface area contributed by atoms with Crippen molar-refractivity contribution in [3.05, 3.63) is 103 Å². The number of sulfonamides is 4. The molecule has 0 radical (unpaired) electrons. The summed E-state index contributed by atoms with van der Waals surface area (Å²) in [5, 5.41) is 0. The van der Waals surface area contributed by atoms with Crippen molar-refractivity contribution in [2.45, 2.75) is 64.6 Å². The van der Waals surface area contributed by atoms with Crippen molar-refractivity contribution in [1.82, 2.24) is 9.97 Å². The molecule has 1 fully saturated rings. The zero-order valence-electron chi connectivity index (χ0n) is 39.1. The van der Waals surface area contributed by atoms with Gasteiger partial charge < -0.3 is 20.8 Å². The monoisotopic (exact) mass is 1030 g/mol. The molecule has 1 saturated heterocycles. The summed E-state index contributed by atoms with van der Waals surface area (Å²) in [5.74, 6) is -0.952. The van der Waals surface area contributed by atoms with Crippen LogP contribution in [0.2, 0.25) is 0 Å². The third-order valence-corrected chi connectivity index (χ3v) is 13.0. The van der Waals surface area contributed by atoms with Gasteiger partial charge in [-0.25, -0.2) is 33.7 Å². The van der Waals surface area contributed by atoms with Crippen LogP contribution in [-0.4, -0.2) is 98.8 Å². The van der Waals surface area contributed by atoms with E-state index in [0.717, 1.165) is 47.2 Å². The fraction of sp³-hybridized carbons (Fsp3) is 0.318. The maximum atomic E-state index is 11.9. The Hall–Kier alpha value is -6.12. The van der Waals surface area contributed by atoms with Gasteiger partial charge in [0.25, 0.3) is 0 Å². The van der Waals surface area contributed by atoms with Crippen LogP contribution in [0.1, 0.15) is 51.7 Å². The molecule has 0 atom stereocenters. The van der Waals surface area contributed by atoms with Gasteiger partial charge in [-0.1, -0.05) is 30.3 Å². The maximum absolute atomic E-state index is 11.9. The molecule has 4 aromatic carbocycles. The maximum Gasteiger partial charge on any atom is 0.494 e. The molecule has 0 bridgehead atoms. The molecular formula is C44H55BN8O12S4. The van der Waals surface area contributed by atoms with Crippen LogP contribution in [0.3, 0.4) is 0 Å². The van der Waals surface area contributed by atoms with Gasteiger partial charge in [0, 0.05) is 30.8 Å². The molecule has 1 aliphatic heterocycles. The molecule has 370 valence electrons. The van der Waals surface area contributed by atoms with Crippen molar-refractivity contribution in [3.8, 4) is 33.5 Å². The molecule has 0 saturated carbocycles. The van der Waals surface area contributed by atoms with Gasteiger partial charge in [0.05, 0.1) is 70.9 Å². The minimum atomic E-state index is -3.63. The predicted molar refractivity (Wildman–Crippen MR) is 269 cm³/mol. The summed E-state index contributed by atoms with van der Waals surface area (Å²) < 4.78 is 116. The van der Waals surface area contributed by atoms with Crippen LogP contribution in [0, 0.1) is 0 Å². The summed E-state index contributed by atoms with van der Waals surface area (Å²) in [6.45, 7) is 7.80. The summed E-state index contributed by atoms with van der Waals surface area (Å²) in [5.41, 5.74) is 16.5. The van der Waals surface area contributed by atoms with Crippen molar-refractivity contribution < 1.29 is 52.6 Å². The van der Waals surface area contributed by atoms with E-state index in [2.05, 4.69) is 28.9 Å². The highest BCUT2D eigenvalue weighted by atomic mass is 32.2. The smallest absolute Gasteiger partial charge is 0.399 e. The van der Waals surface area contributed by atoms with Crippen LogP contribution < -0.4 is 35.8 Å². The van der Waals surface area contributed by atoms with Crippen LogP contribution in [0.15, 0.2) is 91.4 Å². The number of nitrogens with zero attached hydrogens (tertiary/aromatic N) is 2. The van der Waals surface area contributed by atoms with Crippen LogP contribution in [0.5, 0.6) is 0 Å². The lowest BCUT2D eigenvalue weighted by Crippen LogP contribution is -2.41. The number of rotatable bonds is 18. The van der Waals surface area contributed by atoms with Gasteiger partial charge in [0.2, 0.25) is 51.9 Å². The number of primary amides is 2. The first-order chi connectivity index (χ1) is 31.7. The number of carbonyl (C=O) groups is 2. The van der Waals surface area contributed by atoms with Crippen LogP contribution in [-0.2, 0) is 71.8 Å². The van der Waals surface area contributed by atoms with E-state index in [4.69, 9.17) is 20.8 Å². The summed E-state index contributed by atoms with van der Waals surface area (Å²) in [6, 6.07) is 20.1. The van der Waals surface area contributed by atoms with Gasteiger partial charge in [0.1, 0.15) is 0 Å². The first-order valence-corrected chi connectivity index (χ1v) is 28.5. The van der Waals surface area contributed by atoms with E-state index in [1.807, 2.05) is 52.0 Å². The summed E-state index contributed by atoms with van der Waals surface area (Å²) in [6.07, 6.45) is 9.52. The Morgan fingerprint density at radius 1 is 0.551 bits per heavy atom. The van der Waals surface area contributed by atoms with Crippen molar-refractivity contribution in [1.29, 1.82) is 0 Å². The molecule has 25 heteroatoms. The van der Waals surface area contributed by atoms with E-state index < -0.39 is 70.2 Å². The number of aromatic nitrogens is 2. The number of anilines is 4. The van der Waals surface area contributed by atoms with E-state index in [0.29, 0.717) is 40.8 Å². The number of benzene rings is 4. The average molecular weight is 1030 g/mol. The molecule has 2 heterocycles. The fourth-order valence-corrected chi connectivity index (χ4v) is 9.28. The standard InChI is InChI=1S/C23H32BN3O7S2.C21H23N5O5S2/c1-22(2)23(3,4)34-24(33-22)17-8-9-20(15(11-17)7-10-21(25)28)16-12-18(26-35(5,29)30)14-19(13-16)27-36(6,31)32;1-32(28,29)25-17-10-16(11-18(12-17)26-33(2,30)31)19-5-3-15(20-13-23-7-8-24-20)9-14(19)4-6-21(22)27/h8-9,11-14,26-27H,7,10H2,1-6H3,(H2,25,28);3,5,7-13,25-26H,4,6H2,1-2H3,(H2,22,27). The number of nitrogens with one attached hydrogen (secondary N) is 4. The first-order valence-electron chi connectivity index (χ1n) is 20.9. The molecule has 20 nitrogen and oxygen atoms in total. The molecule has 0 aliphatic carbocycles. The minimum Gasteiger partial charge on any atom is -0.399 e. The number of hydrogen-bond acceptors (Lipinski definition) is 14. The molecule has 69 heavy (non-hydrogen) atoms. The van der Waals surface area contributed by atoms with E-state index in [-0.39, 0.29) is 35.6 Å². The largest absolute Gasteiger partial charge is 0.494 e. The van der Waals surface area contributed by atoms with Gasteiger partial charge in [0.15, 0.2) is 0 Å². The lowest BCUT2D eigenvalue weighted by molar-refractivity contribution is -0.118. The van der Waals surface area contributed by atoms with Crippen LogP contribution >= 0.6 is 0 Å². The van der Waals surface area contributed by atoms with Gasteiger partial charge in [-0.2, -0.15) is 0 Å². The molecule has 1 aliphatic rings. The van der Waals surface area contributed by atoms with Gasteiger partial charge in [-0.05, 0) is 122 Å². The normalized spacial score (nSPS) is 14.5. The van der Waals surface area contributed by atoms with Crippen LogP contribution in [0.25, 0.3) is 33.5 Å². The second kappa shape index (κ2) is 20.9. The topological polar surface area (TPSA) is 315 Å². The molecule has 8 N–H and O–H groups in total. The highest BCUT2D eigenvalue weighted by Crippen LogP contribution is 2.38. The zero-order chi connectivity index (χ0) is 51.3. The van der Waals surface area contributed by atoms with Crippen molar-refractivity contribution in [2.24, 2.45) is 11.5 Å². The van der Waals surface area contributed by atoms with Crippen molar-refractivity contribution >= 4 is 87.2 Å². The van der Waals surface area contributed by atoms with Gasteiger partial charge >= 0.3 is 7.12 Å². The zero-order valence-corrected chi connectivity index (χ0v) is 42.4. The van der Waals surface area contributed by atoms with Gasteiger partial charge in [-0.15, -0.1) is 0 Å². The number of nitrogens with two attached hydrogens (primary N) is 2. The first kappa shape index (κ1) is 53.8. The molecule has 2 amide bonds. The van der Waals surface area contributed by atoms with Crippen LogP contribution in [0.4, 0.5) is 22.7 Å². The van der Waals surface area contributed by atoms with E-state index >= 15 is 0 Å². The van der Waals surface area contributed by atoms with E-state index in [9.17, 15) is 43.3 Å². The Bertz CT molecular complexity index is 3090. The number of carbonyl (C=O) groups excluding carboxylic acids is 2. The Morgan fingerprint density at radius 2 is 0.942 bits per heavy atom. The Kier molecular flexibility index (Phi) is 16.3. The third kappa shape index (κ3) is 16.2. The lowest BCUT2D eigenvalue weighted by atomic mass is 9.76. The molecular weight excluding hydrogens is 972 g/mol. The Morgan fingerprint density at radius 3 is 1.30 bits per heavy atom. The Balaban J connectivity index is 0.000000258. The summed E-state index contributed by atoms with van der Waals surface area (Å²) >= 11 is 0. The quantitative estimate of drug-likeness (QED) is 0.0681. The molecule has 0 spiro atoms. The SMILES string of the molecule is CC1(C)OB(c2ccc(-c3cc(NS(C)(=O)=O)cc(NS(C)(=O)=O)c3)c(CCC(N)=O)c2)OC1(C)C.CS(=O)(=O)Nc1cc(NS(C)(=O)=O)cc(-c2ccc(-c3cnccn3)cc2CCC(N)=O)c1. The third-order valence-electron chi connectivity index (χ3n) is 10.6. The minimum absolute atomic E-state index is 0.0789. The highest BCUT2D eigenvalue weighted by Gasteiger charge is 2.51. The number of hydrogen-bond donors (Lipinski definition) is 6. The molecule has 0 unspecified atom stereocenters. The number of amides is 2. The van der Waals surface area contributed by atoms with Crippen molar-refractivity contribution in [3.63, 3.8) is 0 Å².